The Balaban J connectivity index is 2.07. The van der Waals surface area contributed by atoms with Gasteiger partial charge in [0.2, 0.25) is 0 Å². The van der Waals surface area contributed by atoms with E-state index < -0.39 is 23.5 Å². The maximum Gasteiger partial charge on any atom is 0.364 e. The Morgan fingerprint density at radius 1 is 1.12 bits per heavy atom. The normalized spacial score (nSPS) is 32.5. The summed E-state index contributed by atoms with van der Waals surface area (Å²) >= 11 is 0. The highest BCUT2D eigenvalue weighted by Gasteiger charge is 2.73. The molecular weight excluding hydrogens is 308 g/mol. The van der Waals surface area contributed by atoms with Crippen molar-refractivity contribution in [3.63, 3.8) is 0 Å². The van der Waals surface area contributed by atoms with Gasteiger partial charge in [-0.15, -0.1) is 0 Å². The third-order valence-electron chi connectivity index (χ3n) is 6.50. The number of aliphatic hydroxyl groups is 1. The molecule has 3 unspecified atom stereocenters. The Morgan fingerprint density at radius 3 is 2.12 bits per heavy atom. The molecular formula is C19H34O5. The third-order valence-corrected chi connectivity index (χ3v) is 6.50. The first-order valence-electron chi connectivity index (χ1n) is 9.47. The van der Waals surface area contributed by atoms with Crippen molar-refractivity contribution < 1.29 is 24.1 Å². The molecule has 2 rings (SSSR count). The first-order valence-corrected chi connectivity index (χ1v) is 9.47. The van der Waals surface area contributed by atoms with E-state index in [1.807, 2.05) is 41.5 Å². The van der Waals surface area contributed by atoms with E-state index in [-0.39, 0.29) is 11.2 Å². The average Bonchev–Trinajstić information content (AvgIpc) is 3.05. The summed E-state index contributed by atoms with van der Waals surface area (Å²) in [6, 6.07) is 0. The molecule has 0 aromatic heterocycles. The Morgan fingerprint density at radius 2 is 1.71 bits per heavy atom. The van der Waals surface area contributed by atoms with E-state index in [0.717, 1.165) is 12.8 Å². The summed E-state index contributed by atoms with van der Waals surface area (Å²) in [7, 11) is 0. The zero-order chi connectivity index (χ0) is 18.2. The second kappa shape index (κ2) is 6.58. The molecule has 0 amide bonds. The monoisotopic (exact) mass is 342 g/mol. The molecule has 1 saturated carbocycles. The Kier molecular flexibility index (Phi) is 5.39. The number of ether oxygens (including phenoxy) is 3. The van der Waals surface area contributed by atoms with Crippen LogP contribution in [-0.2, 0) is 19.0 Å². The number of rotatable bonds is 9. The van der Waals surface area contributed by atoms with Crippen LogP contribution in [0.5, 0.6) is 0 Å². The van der Waals surface area contributed by atoms with Crippen molar-refractivity contribution in [2.75, 3.05) is 0 Å². The van der Waals surface area contributed by atoms with Crippen molar-refractivity contribution in [2.45, 2.75) is 115 Å². The molecule has 1 aliphatic heterocycles. The fourth-order valence-electron chi connectivity index (χ4n) is 4.00. The van der Waals surface area contributed by atoms with Crippen LogP contribution in [0.3, 0.4) is 0 Å². The molecule has 140 valence electrons. The SMILES string of the molecule is CCC(O)(CC)CC(CC)(CC)OC(=O)C1OC2(C)CC2(CC)O1. The van der Waals surface area contributed by atoms with Gasteiger partial charge >= 0.3 is 5.97 Å². The van der Waals surface area contributed by atoms with Crippen LogP contribution < -0.4 is 0 Å². The van der Waals surface area contributed by atoms with Crippen LogP contribution >= 0.6 is 0 Å². The Bertz CT molecular complexity index is 468. The predicted octanol–water partition coefficient (Wildman–Crippen LogP) is 3.71. The van der Waals surface area contributed by atoms with Gasteiger partial charge in [-0.25, -0.2) is 4.79 Å². The second-order valence-corrected chi connectivity index (χ2v) is 7.74. The predicted molar refractivity (Wildman–Crippen MR) is 91.6 cm³/mol. The smallest absolute Gasteiger partial charge is 0.364 e. The van der Waals surface area contributed by atoms with Gasteiger partial charge in [0.1, 0.15) is 16.8 Å². The summed E-state index contributed by atoms with van der Waals surface area (Å²) in [6.45, 7) is 11.9. The highest BCUT2D eigenvalue weighted by atomic mass is 16.8. The maximum atomic E-state index is 12.7. The average molecular weight is 342 g/mol. The molecule has 0 aromatic rings. The second-order valence-electron chi connectivity index (χ2n) is 7.74. The topological polar surface area (TPSA) is 65.0 Å². The molecule has 0 radical (unpaired) electrons. The van der Waals surface area contributed by atoms with E-state index >= 15 is 0 Å². The molecule has 5 heteroatoms. The van der Waals surface area contributed by atoms with Crippen LogP contribution in [0.25, 0.3) is 0 Å². The van der Waals surface area contributed by atoms with Crippen LogP contribution in [0.4, 0.5) is 0 Å². The summed E-state index contributed by atoms with van der Waals surface area (Å²) < 4.78 is 17.6. The maximum absolute atomic E-state index is 12.7. The summed E-state index contributed by atoms with van der Waals surface area (Å²) in [5.74, 6) is -0.463. The van der Waals surface area contributed by atoms with Gasteiger partial charge in [0.25, 0.3) is 6.29 Å². The van der Waals surface area contributed by atoms with Gasteiger partial charge in [0, 0.05) is 12.8 Å². The number of carbonyl (C=O) groups is 1. The molecule has 3 atom stereocenters. The molecule has 2 fully saturated rings. The number of hydrogen-bond acceptors (Lipinski definition) is 5. The van der Waals surface area contributed by atoms with Crippen LogP contribution in [0.1, 0.15) is 86.5 Å². The van der Waals surface area contributed by atoms with Crippen molar-refractivity contribution in [3.05, 3.63) is 0 Å². The van der Waals surface area contributed by atoms with Gasteiger partial charge in [0.05, 0.1) is 5.60 Å². The van der Waals surface area contributed by atoms with Crippen molar-refractivity contribution in [1.82, 2.24) is 0 Å². The quantitative estimate of drug-likeness (QED) is 0.647. The lowest BCUT2D eigenvalue weighted by molar-refractivity contribution is -0.207. The minimum atomic E-state index is -0.947. The Hall–Kier alpha value is -0.650. The van der Waals surface area contributed by atoms with Crippen LogP contribution in [0.2, 0.25) is 0 Å². The molecule has 1 saturated heterocycles. The van der Waals surface area contributed by atoms with E-state index in [0.29, 0.717) is 32.1 Å². The zero-order valence-corrected chi connectivity index (χ0v) is 16.1. The van der Waals surface area contributed by atoms with Gasteiger partial charge in [0.15, 0.2) is 0 Å². The van der Waals surface area contributed by atoms with Crippen molar-refractivity contribution in [3.8, 4) is 0 Å². The molecule has 1 aliphatic carbocycles. The van der Waals surface area contributed by atoms with E-state index in [1.54, 1.807) is 0 Å². The fraction of sp³-hybridized carbons (Fsp3) is 0.947. The molecule has 0 aromatic carbocycles. The lowest BCUT2D eigenvalue weighted by Crippen LogP contribution is -2.45. The van der Waals surface area contributed by atoms with Crippen molar-refractivity contribution >= 4 is 5.97 Å². The molecule has 1 heterocycles. The van der Waals surface area contributed by atoms with Crippen molar-refractivity contribution in [2.24, 2.45) is 0 Å². The first kappa shape index (κ1) is 19.7. The molecule has 2 aliphatic rings. The van der Waals surface area contributed by atoms with E-state index in [2.05, 4.69) is 0 Å². The molecule has 0 spiro atoms. The van der Waals surface area contributed by atoms with Gasteiger partial charge in [-0.05, 0) is 39.0 Å². The van der Waals surface area contributed by atoms with Gasteiger partial charge < -0.3 is 19.3 Å². The minimum absolute atomic E-state index is 0.328. The minimum Gasteiger partial charge on any atom is -0.455 e. The van der Waals surface area contributed by atoms with Gasteiger partial charge in [-0.3, -0.25) is 0 Å². The third kappa shape index (κ3) is 3.23. The largest absolute Gasteiger partial charge is 0.455 e. The van der Waals surface area contributed by atoms with E-state index in [9.17, 15) is 9.90 Å². The molecule has 1 N–H and O–H groups in total. The highest BCUT2D eigenvalue weighted by molar-refractivity contribution is 5.74. The highest BCUT2D eigenvalue weighted by Crippen LogP contribution is 2.61. The van der Waals surface area contributed by atoms with Crippen molar-refractivity contribution in [1.29, 1.82) is 0 Å². The standard InChI is InChI=1S/C19H34O5/c1-7-17(21,8-2)13-18(9-3,10-4)22-14(20)15-23-16(6)12-19(16,11-5)24-15/h15,21H,7-13H2,1-6H3. The summed E-state index contributed by atoms with van der Waals surface area (Å²) in [6.07, 6.45) is 3.73. The fourth-order valence-corrected chi connectivity index (χ4v) is 4.00. The van der Waals surface area contributed by atoms with Crippen LogP contribution in [0, 0.1) is 0 Å². The number of esters is 1. The summed E-state index contributed by atoms with van der Waals surface area (Å²) in [5, 5.41) is 10.7. The molecule has 5 nitrogen and oxygen atoms in total. The van der Waals surface area contributed by atoms with Gasteiger partial charge in [-0.1, -0.05) is 34.6 Å². The zero-order valence-electron chi connectivity index (χ0n) is 16.1. The first-order chi connectivity index (χ1) is 11.2. The van der Waals surface area contributed by atoms with Crippen LogP contribution in [0.15, 0.2) is 0 Å². The number of hydrogen-bond donors (Lipinski definition) is 1. The molecule has 0 bridgehead atoms. The number of carbonyl (C=O) groups excluding carboxylic acids is 1. The number of fused-ring (bicyclic) bond motifs is 1. The Labute approximate surface area is 146 Å². The lowest BCUT2D eigenvalue weighted by Gasteiger charge is -2.39. The van der Waals surface area contributed by atoms with E-state index in [1.165, 1.54) is 0 Å². The lowest BCUT2D eigenvalue weighted by atomic mass is 9.80. The summed E-state index contributed by atoms with van der Waals surface area (Å²) in [5.41, 5.74) is -2.19. The van der Waals surface area contributed by atoms with Crippen LogP contribution in [-0.4, -0.2) is 39.8 Å². The molecule has 24 heavy (non-hydrogen) atoms. The van der Waals surface area contributed by atoms with E-state index in [4.69, 9.17) is 14.2 Å². The summed E-state index contributed by atoms with van der Waals surface area (Å²) in [4.78, 5) is 12.7. The van der Waals surface area contributed by atoms with Gasteiger partial charge in [-0.2, -0.15) is 0 Å².